The first-order valence-electron chi connectivity index (χ1n) is 9.40. The molecule has 1 atom stereocenters. The van der Waals surface area contributed by atoms with E-state index in [1.807, 2.05) is 59.5 Å². The highest BCUT2D eigenvalue weighted by atomic mass is 16.5. The SMILES string of the molecule is COc1cccc(CCC(=O)N[C@@H](CN2CCCC2=O)c2ccccc2)c1. The largest absolute Gasteiger partial charge is 0.497 e. The molecular formula is C22H26N2O3. The van der Waals surface area contributed by atoms with Gasteiger partial charge in [0.05, 0.1) is 13.2 Å². The fourth-order valence-corrected chi connectivity index (χ4v) is 3.39. The van der Waals surface area contributed by atoms with Crippen LogP contribution in [0, 0.1) is 0 Å². The summed E-state index contributed by atoms with van der Waals surface area (Å²) in [5.41, 5.74) is 2.09. The van der Waals surface area contributed by atoms with E-state index in [2.05, 4.69) is 5.32 Å². The summed E-state index contributed by atoms with van der Waals surface area (Å²) in [6, 6.07) is 17.4. The van der Waals surface area contributed by atoms with E-state index in [9.17, 15) is 9.59 Å². The molecule has 0 aromatic heterocycles. The number of carbonyl (C=O) groups is 2. The Morgan fingerprint density at radius 1 is 1.19 bits per heavy atom. The second kappa shape index (κ2) is 9.21. The van der Waals surface area contributed by atoms with Crippen LogP contribution in [0.5, 0.6) is 5.75 Å². The van der Waals surface area contributed by atoms with Gasteiger partial charge in [-0.2, -0.15) is 0 Å². The molecule has 27 heavy (non-hydrogen) atoms. The minimum Gasteiger partial charge on any atom is -0.497 e. The Bertz CT molecular complexity index is 776. The quantitative estimate of drug-likeness (QED) is 0.781. The zero-order chi connectivity index (χ0) is 19.1. The van der Waals surface area contributed by atoms with E-state index in [0.29, 0.717) is 25.8 Å². The Morgan fingerprint density at radius 3 is 2.70 bits per heavy atom. The monoisotopic (exact) mass is 366 g/mol. The zero-order valence-electron chi connectivity index (χ0n) is 15.7. The van der Waals surface area contributed by atoms with Crippen molar-refractivity contribution in [1.82, 2.24) is 10.2 Å². The van der Waals surface area contributed by atoms with Gasteiger partial charge in [-0.05, 0) is 36.1 Å². The molecule has 1 N–H and O–H groups in total. The van der Waals surface area contributed by atoms with Crippen LogP contribution in [0.2, 0.25) is 0 Å². The highest BCUT2D eigenvalue weighted by Crippen LogP contribution is 2.19. The number of nitrogens with zero attached hydrogens (tertiary/aromatic N) is 1. The summed E-state index contributed by atoms with van der Waals surface area (Å²) in [7, 11) is 1.63. The van der Waals surface area contributed by atoms with E-state index in [-0.39, 0.29) is 17.9 Å². The van der Waals surface area contributed by atoms with Gasteiger partial charge in [-0.15, -0.1) is 0 Å². The molecule has 1 aliphatic heterocycles. The number of rotatable bonds is 8. The van der Waals surface area contributed by atoms with Crippen molar-refractivity contribution in [2.45, 2.75) is 31.7 Å². The van der Waals surface area contributed by atoms with Gasteiger partial charge in [-0.1, -0.05) is 42.5 Å². The molecule has 0 aliphatic carbocycles. The molecule has 2 aromatic rings. The maximum atomic E-state index is 12.6. The number of ether oxygens (including phenoxy) is 1. The summed E-state index contributed by atoms with van der Waals surface area (Å²) in [6.07, 6.45) is 2.53. The lowest BCUT2D eigenvalue weighted by Crippen LogP contribution is -2.38. The Kier molecular flexibility index (Phi) is 6.47. The number of hydrogen-bond acceptors (Lipinski definition) is 3. The fourth-order valence-electron chi connectivity index (χ4n) is 3.39. The van der Waals surface area contributed by atoms with Crippen LogP contribution in [-0.2, 0) is 16.0 Å². The average molecular weight is 366 g/mol. The number of carbonyl (C=O) groups excluding carboxylic acids is 2. The predicted octanol–water partition coefficient (Wildman–Crippen LogP) is 3.11. The molecule has 5 nitrogen and oxygen atoms in total. The summed E-state index contributed by atoms with van der Waals surface area (Å²) in [5.74, 6) is 0.947. The van der Waals surface area contributed by atoms with Crippen molar-refractivity contribution >= 4 is 11.8 Å². The minimum absolute atomic E-state index is 0.0154. The van der Waals surface area contributed by atoms with Crippen molar-refractivity contribution < 1.29 is 14.3 Å². The van der Waals surface area contributed by atoms with Gasteiger partial charge in [0.25, 0.3) is 0 Å². The van der Waals surface area contributed by atoms with Gasteiger partial charge in [0.2, 0.25) is 11.8 Å². The standard InChI is InChI=1S/C22H26N2O3/c1-27-19-10-5-7-17(15-19)12-13-21(25)23-20(18-8-3-2-4-9-18)16-24-14-6-11-22(24)26/h2-5,7-10,15,20H,6,11-14,16H2,1H3,(H,23,25)/t20-/m0/s1. The average Bonchev–Trinajstić information content (AvgIpc) is 3.11. The van der Waals surface area contributed by atoms with Gasteiger partial charge in [0.15, 0.2) is 0 Å². The van der Waals surface area contributed by atoms with E-state index < -0.39 is 0 Å². The number of aryl methyl sites for hydroxylation is 1. The highest BCUT2D eigenvalue weighted by molar-refractivity contribution is 5.79. The number of methoxy groups -OCH3 is 1. The van der Waals surface area contributed by atoms with E-state index in [0.717, 1.165) is 29.8 Å². The van der Waals surface area contributed by atoms with Gasteiger partial charge in [0.1, 0.15) is 5.75 Å². The minimum atomic E-state index is -0.189. The van der Waals surface area contributed by atoms with Crippen LogP contribution in [0.4, 0.5) is 0 Å². The van der Waals surface area contributed by atoms with E-state index in [1.165, 1.54) is 0 Å². The smallest absolute Gasteiger partial charge is 0.222 e. The second-order valence-corrected chi connectivity index (χ2v) is 6.83. The summed E-state index contributed by atoms with van der Waals surface area (Å²) in [5, 5.41) is 3.12. The highest BCUT2D eigenvalue weighted by Gasteiger charge is 2.25. The van der Waals surface area contributed by atoms with Gasteiger partial charge in [-0.25, -0.2) is 0 Å². The lowest BCUT2D eigenvalue weighted by atomic mass is 10.1. The van der Waals surface area contributed by atoms with Crippen molar-refractivity contribution in [2.24, 2.45) is 0 Å². The molecule has 0 bridgehead atoms. The zero-order valence-corrected chi connectivity index (χ0v) is 15.7. The fraction of sp³-hybridized carbons (Fsp3) is 0.364. The second-order valence-electron chi connectivity index (χ2n) is 6.83. The van der Waals surface area contributed by atoms with E-state index in [1.54, 1.807) is 7.11 Å². The molecular weight excluding hydrogens is 340 g/mol. The molecule has 1 saturated heterocycles. The third-order valence-corrected chi connectivity index (χ3v) is 4.89. The molecule has 1 aliphatic rings. The number of benzene rings is 2. The maximum Gasteiger partial charge on any atom is 0.222 e. The molecule has 0 unspecified atom stereocenters. The van der Waals surface area contributed by atoms with Crippen molar-refractivity contribution in [3.8, 4) is 5.75 Å². The van der Waals surface area contributed by atoms with Crippen LogP contribution in [0.1, 0.15) is 36.4 Å². The first kappa shape index (κ1) is 19.0. The molecule has 0 radical (unpaired) electrons. The first-order chi connectivity index (χ1) is 13.2. The van der Waals surface area contributed by atoms with Crippen molar-refractivity contribution in [1.29, 1.82) is 0 Å². The lowest BCUT2D eigenvalue weighted by Gasteiger charge is -2.25. The molecule has 1 fully saturated rings. The van der Waals surface area contributed by atoms with Crippen molar-refractivity contribution in [3.05, 3.63) is 65.7 Å². The van der Waals surface area contributed by atoms with Crippen LogP contribution in [0.15, 0.2) is 54.6 Å². The molecule has 2 aromatic carbocycles. The Balaban J connectivity index is 1.62. The number of likely N-dealkylation sites (tertiary alicyclic amines) is 1. The number of amides is 2. The third-order valence-electron chi connectivity index (χ3n) is 4.89. The molecule has 0 saturated carbocycles. The lowest BCUT2D eigenvalue weighted by molar-refractivity contribution is -0.129. The Morgan fingerprint density at radius 2 is 2.00 bits per heavy atom. The van der Waals surface area contributed by atoms with Crippen molar-refractivity contribution in [3.63, 3.8) is 0 Å². The summed E-state index contributed by atoms with van der Waals surface area (Å²) >= 11 is 0. The summed E-state index contributed by atoms with van der Waals surface area (Å²) in [6.45, 7) is 1.29. The third kappa shape index (κ3) is 5.33. The topological polar surface area (TPSA) is 58.6 Å². The first-order valence-corrected chi connectivity index (χ1v) is 9.40. The predicted molar refractivity (Wildman–Crippen MR) is 104 cm³/mol. The van der Waals surface area contributed by atoms with Crippen LogP contribution in [-0.4, -0.2) is 36.9 Å². The Labute approximate surface area is 160 Å². The molecule has 2 amide bonds. The Hall–Kier alpha value is -2.82. The normalized spacial score (nSPS) is 14.9. The number of hydrogen-bond donors (Lipinski definition) is 1. The van der Waals surface area contributed by atoms with Crippen LogP contribution < -0.4 is 10.1 Å². The van der Waals surface area contributed by atoms with Gasteiger partial charge in [0, 0.05) is 25.9 Å². The van der Waals surface area contributed by atoms with Gasteiger partial charge >= 0.3 is 0 Å². The molecule has 142 valence electrons. The summed E-state index contributed by atoms with van der Waals surface area (Å²) in [4.78, 5) is 26.4. The van der Waals surface area contributed by atoms with Crippen molar-refractivity contribution in [2.75, 3.05) is 20.2 Å². The van der Waals surface area contributed by atoms with Gasteiger partial charge < -0.3 is 15.0 Å². The summed E-state index contributed by atoms with van der Waals surface area (Å²) < 4.78 is 5.23. The van der Waals surface area contributed by atoms with Crippen LogP contribution in [0.3, 0.4) is 0 Å². The number of nitrogens with one attached hydrogen (secondary N) is 1. The molecule has 0 spiro atoms. The molecule has 3 rings (SSSR count). The molecule has 1 heterocycles. The van der Waals surface area contributed by atoms with E-state index >= 15 is 0 Å². The van der Waals surface area contributed by atoms with E-state index in [4.69, 9.17) is 4.74 Å². The van der Waals surface area contributed by atoms with Crippen LogP contribution >= 0.6 is 0 Å². The maximum absolute atomic E-state index is 12.6. The van der Waals surface area contributed by atoms with Gasteiger partial charge in [-0.3, -0.25) is 9.59 Å². The van der Waals surface area contributed by atoms with Crippen LogP contribution in [0.25, 0.3) is 0 Å². The molecule has 5 heteroatoms.